The van der Waals surface area contributed by atoms with E-state index in [1.807, 2.05) is 13.8 Å². The Kier molecular flexibility index (Phi) is 3.78. The Labute approximate surface area is 56.4 Å². The largest absolute Gasteiger partial charge is 0.330 e. The van der Waals surface area contributed by atoms with Crippen LogP contribution in [0.5, 0.6) is 0 Å². The molecule has 0 spiro atoms. The SMILES string of the molecule is CC(C)C(CN)C(C)F. The fraction of sp³-hybridized carbons (Fsp3) is 1.00. The zero-order chi connectivity index (χ0) is 7.44. The fourth-order valence-electron chi connectivity index (χ4n) is 0.990. The van der Waals surface area contributed by atoms with E-state index < -0.39 is 6.17 Å². The van der Waals surface area contributed by atoms with E-state index in [9.17, 15) is 4.39 Å². The molecule has 0 fully saturated rings. The van der Waals surface area contributed by atoms with Gasteiger partial charge in [0.05, 0.1) is 0 Å². The first kappa shape index (κ1) is 8.89. The van der Waals surface area contributed by atoms with Crippen molar-refractivity contribution >= 4 is 0 Å². The number of nitrogens with two attached hydrogens (primary N) is 1. The van der Waals surface area contributed by atoms with Crippen LogP contribution in [0.4, 0.5) is 4.39 Å². The maximum absolute atomic E-state index is 12.5. The van der Waals surface area contributed by atoms with Crippen molar-refractivity contribution in [3.8, 4) is 0 Å². The Bertz CT molecular complexity index is 63.3. The molecular weight excluding hydrogens is 117 g/mol. The van der Waals surface area contributed by atoms with Crippen molar-refractivity contribution in [2.24, 2.45) is 17.6 Å². The van der Waals surface area contributed by atoms with Crippen molar-refractivity contribution in [2.45, 2.75) is 26.9 Å². The molecule has 0 radical (unpaired) electrons. The van der Waals surface area contributed by atoms with Crippen LogP contribution in [0.2, 0.25) is 0 Å². The molecule has 0 bridgehead atoms. The molecule has 0 aliphatic rings. The molecule has 1 nitrogen and oxygen atoms in total. The Morgan fingerprint density at radius 3 is 1.78 bits per heavy atom. The van der Waals surface area contributed by atoms with E-state index in [2.05, 4.69) is 0 Å². The van der Waals surface area contributed by atoms with Crippen molar-refractivity contribution in [2.75, 3.05) is 6.54 Å². The number of hydrogen-bond donors (Lipinski definition) is 1. The molecule has 9 heavy (non-hydrogen) atoms. The van der Waals surface area contributed by atoms with Crippen LogP contribution >= 0.6 is 0 Å². The van der Waals surface area contributed by atoms with E-state index >= 15 is 0 Å². The summed E-state index contributed by atoms with van der Waals surface area (Å²) in [6, 6.07) is 0. The second-order valence-electron chi connectivity index (χ2n) is 2.82. The molecule has 0 rings (SSSR count). The van der Waals surface area contributed by atoms with Gasteiger partial charge in [-0.1, -0.05) is 13.8 Å². The number of rotatable bonds is 3. The topological polar surface area (TPSA) is 26.0 Å². The van der Waals surface area contributed by atoms with Crippen LogP contribution in [0, 0.1) is 11.8 Å². The van der Waals surface area contributed by atoms with E-state index in [1.165, 1.54) is 0 Å². The summed E-state index contributed by atoms with van der Waals surface area (Å²) in [5, 5.41) is 0. The predicted molar refractivity (Wildman–Crippen MR) is 38.0 cm³/mol. The van der Waals surface area contributed by atoms with Gasteiger partial charge in [0.2, 0.25) is 0 Å². The normalized spacial score (nSPS) is 18.0. The van der Waals surface area contributed by atoms with Gasteiger partial charge in [-0.05, 0) is 19.4 Å². The lowest BCUT2D eigenvalue weighted by Crippen LogP contribution is -2.27. The molecule has 2 N–H and O–H groups in total. The first-order chi connectivity index (χ1) is 4.09. The van der Waals surface area contributed by atoms with Crippen molar-refractivity contribution in [1.29, 1.82) is 0 Å². The van der Waals surface area contributed by atoms with Crippen LogP contribution in [0.15, 0.2) is 0 Å². The first-order valence-corrected chi connectivity index (χ1v) is 3.43. The molecule has 0 aliphatic heterocycles. The summed E-state index contributed by atoms with van der Waals surface area (Å²) in [5.41, 5.74) is 5.33. The Morgan fingerprint density at radius 1 is 1.33 bits per heavy atom. The van der Waals surface area contributed by atoms with Gasteiger partial charge >= 0.3 is 0 Å². The maximum Gasteiger partial charge on any atom is 0.102 e. The zero-order valence-electron chi connectivity index (χ0n) is 6.39. The zero-order valence-corrected chi connectivity index (χ0v) is 6.39. The highest BCUT2D eigenvalue weighted by Gasteiger charge is 2.17. The highest BCUT2D eigenvalue weighted by Crippen LogP contribution is 2.15. The van der Waals surface area contributed by atoms with Gasteiger partial charge in [0, 0.05) is 5.92 Å². The molecule has 0 heterocycles. The maximum atomic E-state index is 12.5. The van der Waals surface area contributed by atoms with Gasteiger partial charge in [0.15, 0.2) is 0 Å². The molecule has 0 amide bonds. The van der Waals surface area contributed by atoms with E-state index in [0.29, 0.717) is 12.5 Å². The third-order valence-corrected chi connectivity index (χ3v) is 1.72. The minimum Gasteiger partial charge on any atom is -0.330 e. The monoisotopic (exact) mass is 133 g/mol. The lowest BCUT2D eigenvalue weighted by molar-refractivity contribution is 0.204. The smallest absolute Gasteiger partial charge is 0.102 e. The number of hydrogen-bond acceptors (Lipinski definition) is 1. The molecule has 0 aromatic heterocycles. The molecule has 2 unspecified atom stereocenters. The standard InChI is InChI=1S/C7H16FN/c1-5(2)7(4-9)6(3)8/h5-7H,4,9H2,1-3H3. The summed E-state index contributed by atoms with van der Waals surface area (Å²) in [5.74, 6) is 0.389. The lowest BCUT2D eigenvalue weighted by Gasteiger charge is -2.19. The molecule has 2 atom stereocenters. The van der Waals surface area contributed by atoms with Gasteiger partial charge in [0.1, 0.15) is 6.17 Å². The van der Waals surface area contributed by atoms with E-state index in [0.717, 1.165) is 0 Å². The molecule has 0 aromatic carbocycles. The second-order valence-corrected chi connectivity index (χ2v) is 2.82. The van der Waals surface area contributed by atoms with Crippen LogP contribution in [-0.4, -0.2) is 12.7 Å². The average molecular weight is 133 g/mol. The van der Waals surface area contributed by atoms with Crippen LogP contribution in [-0.2, 0) is 0 Å². The summed E-state index contributed by atoms with van der Waals surface area (Å²) in [6.45, 7) is 6.01. The van der Waals surface area contributed by atoms with E-state index in [-0.39, 0.29) is 5.92 Å². The van der Waals surface area contributed by atoms with Gasteiger partial charge in [-0.15, -0.1) is 0 Å². The lowest BCUT2D eigenvalue weighted by atomic mass is 9.92. The molecule has 0 aliphatic carbocycles. The van der Waals surface area contributed by atoms with Crippen molar-refractivity contribution in [3.63, 3.8) is 0 Å². The van der Waals surface area contributed by atoms with Gasteiger partial charge in [-0.25, -0.2) is 4.39 Å². The van der Waals surface area contributed by atoms with E-state index in [4.69, 9.17) is 5.73 Å². The van der Waals surface area contributed by atoms with Gasteiger partial charge in [-0.3, -0.25) is 0 Å². The molecule has 56 valence electrons. The third kappa shape index (κ3) is 2.80. The number of alkyl halides is 1. The summed E-state index contributed by atoms with van der Waals surface area (Å²) >= 11 is 0. The number of halogens is 1. The average Bonchev–Trinajstić information content (AvgIpc) is 1.64. The van der Waals surface area contributed by atoms with E-state index in [1.54, 1.807) is 6.92 Å². The quantitative estimate of drug-likeness (QED) is 0.621. The summed E-state index contributed by atoms with van der Waals surface area (Å²) in [4.78, 5) is 0. The fourth-order valence-corrected chi connectivity index (χ4v) is 0.990. The molecular formula is C7H16FN. The van der Waals surface area contributed by atoms with Crippen LogP contribution in [0.3, 0.4) is 0 Å². The summed E-state index contributed by atoms with van der Waals surface area (Å²) in [7, 11) is 0. The Balaban J connectivity index is 3.68. The summed E-state index contributed by atoms with van der Waals surface area (Å²) in [6.07, 6.45) is -0.769. The van der Waals surface area contributed by atoms with Gasteiger partial charge < -0.3 is 5.73 Å². The summed E-state index contributed by atoms with van der Waals surface area (Å²) < 4.78 is 12.5. The molecule has 2 heteroatoms. The van der Waals surface area contributed by atoms with Crippen molar-refractivity contribution in [1.82, 2.24) is 0 Å². The highest BCUT2D eigenvalue weighted by atomic mass is 19.1. The van der Waals surface area contributed by atoms with Crippen LogP contribution in [0.1, 0.15) is 20.8 Å². The van der Waals surface area contributed by atoms with Crippen molar-refractivity contribution in [3.05, 3.63) is 0 Å². The third-order valence-electron chi connectivity index (χ3n) is 1.72. The Hall–Kier alpha value is -0.110. The van der Waals surface area contributed by atoms with Crippen LogP contribution < -0.4 is 5.73 Å². The van der Waals surface area contributed by atoms with Gasteiger partial charge in [-0.2, -0.15) is 0 Å². The van der Waals surface area contributed by atoms with Crippen molar-refractivity contribution < 1.29 is 4.39 Å². The second kappa shape index (κ2) is 3.83. The molecule has 0 aromatic rings. The minimum absolute atomic E-state index is 0.0324. The Morgan fingerprint density at radius 2 is 1.78 bits per heavy atom. The predicted octanol–water partition coefficient (Wildman–Crippen LogP) is 1.58. The highest BCUT2D eigenvalue weighted by molar-refractivity contribution is 4.68. The van der Waals surface area contributed by atoms with Gasteiger partial charge in [0.25, 0.3) is 0 Å². The minimum atomic E-state index is -0.769. The molecule has 0 saturated carbocycles. The molecule has 0 saturated heterocycles. The first-order valence-electron chi connectivity index (χ1n) is 3.43. The van der Waals surface area contributed by atoms with Crippen LogP contribution in [0.25, 0.3) is 0 Å².